The Hall–Kier alpha value is -0.480. The van der Waals surface area contributed by atoms with Gasteiger partial charge in [0.2, 0.25) is 0 Å². The number of hydrogen-bond acceptors (Lipinski definition) is 1. The molecule has 1 fully saturated rings. The number of hydrogen-bond donors (Lipinski definition) is 0. The molecule has 0 aromatic carbocycles. The molecule has 0 amide bonds. The highest BCUT2D eigenvalue weighted by Crippen LogP contribution is 2.13. The molecule has 1 nitrogen and oxygen atoms in total. The van der Waals surface area contributed by atoms with Crippen molar-refractivity contribution in [3.05, 3.63) is 0 Å². The molecule has 12 heavy (non-hydrogen) atoms. The largest absolute Gasteiger partial charge is 0.305 e. The number of likely N-dealkylation sites (tertiary alicyclic amines) is 1. The van der Waals surface area contributed by atoms with Gasteiger partial charge in [0.15, 0.2) is 0 Å². The highest BCUT2D eigenvalue weighted by atomic mass is 15.1. The standard InChI is InChI=1S/C11H19N/c1-4-10(2)5-6-11-7-8-12(3)9-11/h10-11H,4,7-9H2,1-3H3. The molecular formula is C11H19N. The van der Waals surface area contributed by atoms with Gasteiger partial charge in [-0.1, -0.05) is 25.7 Å². The Kier molecular flexibility index (Phi) is 3.62. The summed E-state index contributed by atoms with van der Waals surface area (Å²) in [5, 5.41) is 0. The lowest BCUT2D eigenvalue weighted by Gasteiger charge is -2.04. The van der Waals surface area contributed by atoms with Gasteiger partial charge < -0.3 is 4.90 Å². The van der Waals surface area contributed by atoms with Crippen molar-refractivity contribution in [1.29, 1.82) is 0 Å². The minimum atomic E-state index is 0.580. The molecule has 68 valence electrons. The quantitative estimate of drug-likeness (QED) is 0.537. The zero-order chi connectivity index (χ0) is 8.97. The maximum absolute atomic E-state index is 3.37. The van der Waals surface area contributed by atoms with Crippen molar-refractivity contribution in [1.82, 2.24) is 4.90 Å². The maximum Gasteiger partial charge on any atom is 0.0342 e. The fourth-order valence-corrected chi connectivity index (χ4v) is 1.42. The molecular weight excluding hydrogens is 146 g/mol. The highest BCUT2D eigenvalue weighted by molar-refractivity contribution is 5.08. The molecule has 0 radical (unpaired) electrons. The topological polar surface area (TPSA) is 3.24 Å². The molecule has 1 aliphatic heterocycles. The first-order valence-corrected chi connectivity index (χ1v) is 4.92. The van der Waals surface area contributed by atoms with E-state index in [0.717, 1.165) is 0 Å². The van der Waals surface area contributed by atoms with E-state index in [0.29, 0.717) is 11.8 Å². The van der Waals surface area contributed by atoms with Crippen molar-refractivity contribution in [2.24, 2.45) is 11.8 Å². The molecule has 0 N–H and O–H groups in total. The van der Waals surface area contributed by atoms with Gasteiger partial charge in [0.05, 0.1) is 0 Å². The van der Waals surface area contributed by atoms with Crippen molar-refractivity contribution in [3.8, 4) is 11.8 Å². The summed E-state index contributed by atoms with van der Waals surface area (Å²) in [5.74, 6) is 7.91. The van der Waals surface area contributed by atoms with E-state index in [4.69, 9.17) is 0 Å². The van der Waals surface area contributed by atoms with Gasteiger partial charge in [0.25, 0.3) is 0 Å². The molecule has 1 saturated heterocycles. The Morgan fingerprint density at radius 3 is 2.83 bits per heavy atom. The highest BCUT2D eigenvalue weighted by Gasteiger charge is 2.16. The minimum absolute atomic E-state index is 0.580. The van der Waals surface area contributed by atoms with Gasteiger partial charge in [0.1, 0.15) is 0 Å². The first-order chi connectivity index (χ1) is 5.72. The summed E-state index contributed by atoms with van der Waals surface area (Å²) in [5.41, 5.74) is 0. The number of rotatable bonds is 1. The van der Waals surface area contributed by atoms with Gasteiger partial charge in [-0.05, 0) is 26.4 Å². The van der Waals surface area contributed by atoms with Crippen molar-refractivity contribution in [3.63, 3.8) is 0 Å². The molecule has 0 saturated carbocycles. The Balaban J connectivity index is 2.34. The normalized spacial score (nSPS) is 26.4. The van der Waals surface area contributed by atoms with E-state index in [1.807, 2.05) is 0 Å². The summed E-state index contributed by atoms with van der Waals surface area (Å²) < 4.78 is 0. The molecule has 2 unspecified atom stereocenters. The predicted molar refractivity (Wildman–Crippen MR) is 52.8 cm³/mol. The summed E-state index contributed by atoms with van der Waals surface area (Å²) in [6.07, 6.45) is 2.44. The van der Waals surface area contributed by atoms with Crippen molar-refractivity contribution in [2.45, 2.75) is 26.7 Å². The van der Waals surface area contributed by atoms with E-state index in [1.54, 1.807) is 0 Å². The first kappa shape index (κ1) is 9.61. The smallest absolute Gasteiger partial charge is 0.0342 e. The van der Waals surface area contributed by atoms with E-state index in [9.17, 15) is 0 Å². The van der Waals surface area contributed by atoms with Crippen molar-refractivity contribution in [2.75, 3.05) is 20.1 Å². The van der Waals surface area contributed by atoms with E-state index >= 15 is 0 Å². The molecule has 1 rings (SSSR count). The Morgan fingerprint density at radius 1 is 1.58 bits per heavy atom. The predicted octanol–water partition coefficient (Wildman–Crippen LogP) is 1.99. The lowest BCUT2D eigenvalue weighted by molar-refractivity contribution is 0.409. The van der Waals surface area contributed by atoms with Crippen molar-refractivity contribution >= 4 is 0 Å². The van der Waals surface area contributed by atoms with Gasteiger partial charge in [-0.15, -0.1) is 0 Å². The third kappa shape index (κ3) is 2.87. The van der Waals surface area contributed by atoms with Gasteiger partial charge in [-0.2, -0.15) is 0 Å². The summed E-state index contributed by atoms with van der Waals surface area (Å²) >= 11 is 0. The fourth-order valence-electron chi connectivity index (χ4n) is 1.42. The van der Waals surface area contributed by atoms with Crippen LogP contribution in [0.5, 0.6) is 0 Å². The summed E-state index contributed by atoms with van der Waals surface area (Å²) in [4.78, 5) is 2.36. The van der Waals surface area contributed by atoms with Crippen LogP contribution in [0.2, 0.25) is 0 Å². The Bertz CT molecular complexity index is 187. The monoisotopic (exact) mass is 165 g/mol. The average molecular weight is 165 g/mol. The molecule has 0 aliphatic carbocycles. The lowest BCUT2D eigenvalue weighted by Crippen LogP contribution is -2.13. The van der Waals surface area contributed by atoms with Crippen LogP contribution in [0.1, 0.15) is 26.7 Å². The number of nitrogens with zero attached hydrogens (tertiary/aromatic N) is 1. The second kappa shape index (κ2) is 4.52. The second-order valence-electron chi connectivity index (χ2n) is 3.85. The third-order valence-corrected chi connectivity index (χ3v) is 2.54. The SMILES string of the molecule is CCC(C)C#CC1CCN(C)C1. The van der Waals surface area contributed by atoms with Crippen LogP contribution in [-0.2, 0) is 0 Å². The summed E-state index contributed by atoms with van der Waals surface area (Å²) in [7, 11) is 2.17. The zero-order valence-corrected chi connectivity index (χ0v) is 8.43. The zero-order valence-electron chi connectivity index (χ0n) is 8.43. The van der Waals surface area contributed by atoms with Crippen LogP contribution in [-0.4, -0.2) is 25.0 Å². The average Bonchev–Trinajstić information content (AvgIpc) is 2.47. The van der Waals surface area contributed by atoms with Crippen LogP contribution in [0.4, 0.5) is 0 Å². The molecule has 0 aromatic heterocycles. The minimum Gasteiger partial charge on any atom is -0.305 e. The molecule has 0 spiro atoms. The van der Waals surface area contributed by atoms with E-state index in [-0.39, 0.29) is 0 Å². The van der Waals surface area contributed by atoms with E-state index in [1.165, 1.54) is 25.9 Å². The van der Waals surface area contributed by atoms with Crippen LogP contribution in [0, 0.1) is 23.7 Å². The molecule has 1 aliphatic rings. The van der Waals surface area contributed by atoms with Crippen LogP contribution < -0.4 is 0 Å². The van der Waals surface area contributed by atoms with Gasteiger partial charge in [-0.25, -0.2) is 0 Å². The van der Waals surface area contributed by atoms with Gasteiger partial charge >= 0.3 is 0 Å². The molecule has 0 bridgehead atoms. The van der Waals surface area contributed by atoms with Crippen LogP contribution in [0.25, 0.3) is 0 Å². The van der Waals surface area contributed by atoms with Crippen molar-refractivity contribution < 1.29 is 0 Å². The molecule has 2 atom stereocenters. The van der Waals surface area contributed by atoms with Crippen LogP contribution in [0.15, 0.2) is 0 Å². The second-order valence-corrected chi connectivity index (χ2v) is 3.85. The lowest BCUT2D eigenvalue weighted by atomic mass is 10.1. The van der Waals surface area contributed by atoms with Gasteiger partial charge in [0, 0.05) is 18.4 Å². The van der Waals surface area contributed by atoms with E-state index in [2.05, 4.69) is 37.6 Å². The van der Waals surface area contributed by atoms with E-state index < -0.39 is 0 Å². The van der Waals surface area contributed by atoms with Gasteiger partial charge in [-0.3, -0.25) is 0 Å². The third-order valence-electron chi connectivity index (χ3n) is 2.54. The first-order valence-electron chi connectivity index (χ1n) is 4.92. The van der Waals surface area contributed by atoms with Crippen LogP contribution >= 0.6 is 0 Å². The Labute approximate surface area is 76.1 Å². The molecule has 0 aromatic rings. The maximum atomic E-state index is 3.37. The Morgan fingerprint density at radius 2 is 2.33 bits per heavy atom. The van der Waals surface area contributed by atoms with Crippen LogP contribution in [0.3, 0.4) is 0 Å². The molecule has 1 heterocycles. The summed E-state index contributed by atoms with van der Waals surface area (Å²) in [6, 6.07) is 0. The molecule has 1 heteroatoms. The fraction of sp³-hybridized carbons (Fsp3) is 0.818. The summed E-state index contributed by atoms with van der Waals surface area (Å²) in [6.45, 7) is 6.79.